The Hall–Kier alpha value is -0.570. The second-order valence-electron chi connectivity index (χ2n) is 4.60. The highest BCUT2D eigenvalue weighted by atomic mass is 16.5. The van der Waals surface area contributed by atoms with Gasteiger partial charge >= 0.3 is 5.97 Å². The van der Waals surface area contributed by atoms with E-state index in [0.29, 0.717) is 0 Å². The number of esters is 1. The molecule has 1 aliphatic heterocycles. The molecule has 0 amide bonds. The number of likely N-dealkylation sites (tertiary alicyclic amines) is 1. The van der Waals surface area contributed by atoms with Crippen LogP contribution >= 0.6 is 0 Å². The molecule has 0 radical (unpaired) electrons. The molecule has 2 fully saturated rings. The molecule has 0 aromatic rings. The maximum absolute atomic E-state index is 11.4. The van der Waals surface area contributed by atoms with Crippen LogP contribution in [0.15, 0.2) is 0 Å². The Labute approximate surface area is 85.4 Å². The molecule has 0 N–H and O–H groups in total. The van der Waals surface area contributed by atoms with E-state index in [9.17, 15) is 4.79 Å². The monoisotopic (exact) mass is 197 g/mol. The molecule has 3 nitrogen and oxygen atoms in total. The predicted octanol–water partition coefficient (Wildman–Crippen LogP) is 1.28. The largest absolute Gasteiger partial charge is 0.468 e. The average molecular weight is 197 g/mol. The van der Waals surface area contributed by atoms with E-state index in [1.54, 1.807) is 0 Å². The maximum Gasteiger partial charge on any atom is 0.322 e. The lowest BCUT2D eigenvalue weighted by atomic mass is 10.0. The summed E-state index contributed by atoms with van der Waals surface area (Å²) in [5.41, 5.74) is 0. The molecule has 0 spiro atoms. The minimum Gasteiger partial charge on any atom is -0.468 e. The zero-order chi connectivity index (χ0) is 10.1. The number of methoxy groups -OCH3 is 1. The zero-order valence-electron chi connectivity index (χ0n) is 9.03. The Morgan fingerprint density at radius 3 is 2.43 bits per heavy atom. The van der Waals surface area contributed by atoms with Gasteiger partial charge in [-0.25, -0.2) is 0 Å². The molecule has 3 unspecified atom stereocenters. The molecule has 0 bridgehead atoms. The summed E-state index contributed by atoms with van der Waals surface area (Å²) >= 11 is 0. The Kier molecular flexibility index (Phi) is 2.77. The Morgan fingerprint density at radius 1 is 1.36 bits per heavy atom. The molecule has 2 aliphatic rings. The Balaban J connectivity index is 1.92. The van der Waals surface area contributed by atoms with E-state index in [4.69, 9.17) is 4.74 Å². The lowest BCUT2D eigenvalue weighted by Crippen LogP contribution is -2.38. The van der Waals surface area contributed by atoms with Crippen LogP contribution in [0.5, 0.6) is 0 Å². The summed E-state index contributed by atoms with van der Waals surface area (Å²) in [4.78, 5) is 13.6. The number of carbonyl (C=O) groups excluding carboxylic acids is 1. The standard InChI is InChI=1S/C11H19NO2/c1-8(11(13)14-2)12-6-9-4-3-5-10(9)7-12/h8-10H,3-7H2,1-2H3. The third-order valence-corrected chi connectivity index (χ3v) is 3.84. The number of ether oxygens (including phenoxy) is 1. The van der Waals surface area contributed by atoms with Gasteiger partial charge in [0, 0.05) is 13.1 Å². The Bertz CT molecular complexity index is 217. The average Bonchev–Trinajstić information content (AvgIpc) is 2.74. The topological polar surface area (TPSA) is 29.5 Å². The van der Waals surface area contributed by atoms with Crippen molar-refractivity contribution in [2.24, 2.45) is 11.8 Å². The van der Waals surface area contributed by atoms with Crippen LogP contribution in [0, 0.1) is 11.8 Å². The van der Waals surface area contributed by atoms with Gasteiger partial charge in [0.05, 0.1) is 7.11 Å². The number of hydrogen-bond donors (Lipinski definition) is 0. The normalized spacial score (nSPS) is 34.1. The van der Waals surface area contributed by atoms with E-state index >= 15 is 0 Å². The second kappa shape index (κ2) is 3.89. The second-order valence-corrected chi connectivity index (χ2v) is 4.60. The van der Waals surface area contributed by atoms with Gasteiger partial charge in [-0.3, -0.25) is 9.69 Å². The molecule has 0 aromatic heterocycles. The first kappa shape index (κ1) is 9.97. The molecule has 3 heteroatoms. The van der Waals surface area contributed by atoms with Crippen LogP contribution in [0.4, 0.5) is 0 Å². The summed E-state index contributed by atoms with van der Waals surface area (Å²) in [6.45, 7) is 4.15. The van der Waals surface area contributed by atoms with Crippen molar-refractivity contribution < 1.29 is 9.53 Å². The number of fused-ring (bicyclic) bond motifs is 1. The van der Waals surface area contributed by atoms with Gasteiger partial charge in [-0.2, -0.15) is 0 Å². The highest BCUT2D eigenvalue weighted by molar-refractivity contribution is 5.75. The third kappa shape index (κ3) is 1.65. The first-order valence-electron chi connectivity index (χ1n) is 5.54. The molecular weight excluding hydrogens is 178 g/mol. The summed E-state index contributed by atoms with van der Waals surface area (Å²) in [5, 5.41) is 0. The summed E-state index contributed by atoms with van der Waals surface area (Å²) in [6, 6.07) is -0.0504. The minimum atomic E-state index is -0.0926. The molecule has 3 atom stereocenters. The summed E-state index contributed by atoms with van der Waals surface area (Å²) in [6.07, 6.45) is 4.10. The third-order valence-electron chi connectivity index (χ3n) is 3.84. The van der Waals surface area contributed by atoms with Crippen LogP contribution in [-0.2, 0) is 9.53 Å². The molecule has 1 saturated carbocycles. The van der Waals surface area contributed by atoms with Gasteiger partial charge in [0.2, 0.25) is 0 Å². The van der Waals surface area contributed by atoms with Crippen molar-refractivity contribution in [1.29, 1.82) is 0 Å². The predicted molar refractivity (Wildman–Crippen MR) is 53.9 cm³/mol. The van der Waals surface area contributed by atoms with E-state index in [0.717, 1.165) is 24.9 Å². The van der Waals surface area contributed by atoms with Crippen molar-refractivity contribution in [2.75, 3.05) is 20.2 Å². The van der Waals surface area contributed by atoms with E-state index in [-0.39, 0.29) is 12.0 Å². The number of rotatable bonds is 2. The molecule has 1 heterocycles. The fourth-order valence-electron chi connectivity index (χ4n) is 2.91. The highest BCUT2D eigenvalue weighted by Gasteiger charge is 2.39. The van der Waals surface area contributed by atoms with Gasteiger partial charge in [0.15, 0.2) is 0 Å². The summed E-state index contributed by atoms with van der Waals surface area (Å²) in [7, 11) is 1.47. The van der Waals surface area contributed by atoms with Crippen molar-refractivity contribution in [3.8, 4) is 0 Å². The molecule has 1 aliphatic carbocycles. The van der Waals surface area contributed by atoms with Crippen molar-refractivity contribution in [3.05, 3.63) is 0 Å². The van der Waals surface area contributed by atoms with Crippen molar-refractivity contribution >= 4 is 5.97 Å². The van der Waals surface area contributed by atoms with Crippen LogP contribution in [0.2, 0.25) is 0 Å². The zero-order valence-corrected chi connectivity index (χ0v) is 9.03. The van der Waals surface area contributed by atoms with Gasteiger partial charge in [-0.05, 0) is 31.6 Å². The summed E-state index contributed by atoms with van der Waals surface area (Å²) < 4.78 is 4.77. The van der Waals surface area contributed by atoms with Crippen molar-refractivity contribution in [1.82, 2.24) is 4.90 Å². The molecule has 80 valence electrons. The molecule has 1 saturated heterocycles. The van der Waals surface area contributed by atoms with Crippen LogP contribution in [0.3, 0.4) is 0 Å². The Morgan fingerprint density at radius 2 is 1.93 bits per heavy atom. The van der Waals surface area contributed by atoms with Gasteiger partial charge in [-0.1, -0.05) is 6.42 Å². The molecular formula is C11H19NO2. The van der Waals surface area contributed by atoms with E-state index < -0.39 is 0 Å². The molecule has 0 aromatic carbocycles. The smallest absolute Gasteiger partial charge is 0.322 e. The highest BCUT2D eigenvalue weighted by Crippen LogP contribution is 2.38. The number of nitrogens with zero attached hydrogens (tertiary/aromatic N) is 1. The quantitative estimate of drug-likeness (QED) is 0.625. The lowest BCUT2D eigenvalue weighted by Gasteiger charge is -2.22. The molecule has 2 rings (SSSR count). The number of carbonyl (C=O) groups is 1. The van der Waals surface area contributed by atoms with Crippen LogP contribution in [-0.4, -0.2) is 37.1 Å². The van der Waals surface area contributed by atoms with Crippen molar-refractivity contribution in [3.63, 3.8) is 0 Å². The number of hydrogen-bond acceptors (Lipinski definition) is 3. The molecule has 14 heavy (non-hydrogen) atoms. The lowest BCUT2D eigenvalue weighted by molar-refractivity contribution is -0.146. The van der Waals surface area contributed by atoms with E-state index in [1.807, 2.05) is 6.92 Å². The minimum absolute atomic E-state index is 0.0504. The summed E-state index contributed by atoms with van der Waals surface area (Å²) in [5.74, 6) is 1.61. The van der Waals surface area contributed by atoms with Crippen LogP contribution in [0.1, 0.15) is 26.2 Å². The first-order chi connectivity index (χ1) is 6.72. The van der Waals surface area contributed by atoms with Crippen LogP contribution in [0.25, 0.3) is 0 Å². The fourth-order valence-corrected chi connectivity index (χ4v) is 2.91. The van der Waals surface area contributed by atoms with Crippen molar-refractivity contribution in [2.45, 2.75) is 32.2 Å². The van der Waals surface area contributed by atoms with Gasteiger partial charge < -0.3 is 4.74 Å². The van der Waals surface area contributed by atoms with Gasteiger partial charge in [0.1, 0.15) is 6.04 Å². The maximum atomic E-state index is 11.4. The van der Waals surface area contributed by atoms with Crippen LogP contribution < -0.4 is 0 Å². The van der Waals surface area contributed by atoms with E-state index in [2.05, 4.69) is 4.90 Å². The fraction of sp³-hybridized carbons (Fsp3) is 0.909. The van der Waals surface area contributed by atoms with E-state index in [1.165, 1.54) is 26.4 Å². The van der Waals surface area contributed by atoms with Gasteiger partial charge in [-0.15, -0.1) is 0 Å². The first-order valence-corrected chi connectivity index (χ1v) is 5.54. The van der Waals surface area contributed by atoms with Gasteiger partial charge in [0.25, 0.3) is 0 Å². The SMILES string of the molecule is COC(=O)C(C)N1CC2CCCC2C1.